The molecule has 146 valence electrons. The number of aromatic amines is 1. The zero-order chi connectivity index (χ0) is 20.1. The molecule has 2 aromatic carbocycles. The first-order chi connectivity index (χ1) is 13.5. The number of H-pyrrole nitrogens is 1. The second-order valence-electron chi connectivity index (χ2n) is 6.18. The summed E-state index contributed by atoms with van der Waals surface area (Å²) >= 11 is 12.4. The van der Waals surface area contributed by atoms with E-state index in [1.54, 1.807) is 31.4 Å². The number of rotatable bonds is 7. The van der Waals surface area contributed by atoms with Crippen molar-refractivity contribution in [2.24, 2.45) is 0 Å². The number of aromatic nitrogens is 2. The number of hydrogen-bond donors (Lipinski definition) is 1. The highest BCUT2D eigenvalue weighted by Gasteiger charge is 2.09. The summed E-state index contributed by atoms with van der Waals surface area (Å²) in [6, 6.07) is 10.4. The van der Waals surface area contributed by atoms with Crippen LogP contribution in [0.5, 0.6) is 11.5 Å². The number of unbranched alkanes of at least 4 members (excludes halogenated alkanes) is 1. The fourth-order valence-corrected chi connectivity index (χ4v) is 3.04. The Balaban J connectivity index is 1.95. The highest BCUT2D eigenvalue weighted by Crippen LogP contribution is 2.30. The number of benzene rings is 2. The van der Waals surface area contributed by atoms with Gasteiger partial charge in [-0.25, -0.2) is 4.98 Å². The van der Waals surface area contributed by atoms with Crippen molar-refractivity contribution < 1.29 is 9.47 Å². The van der Waals surface area contributed by atoms with Crippen LogP contribution in [0.15, 0.2) is 41.2 Å². The smallest absolute Gasteiger partial charge is 0.259 e. The monoisotopic (exact) mass is 418 g/mol. The molecule has 0 unspecified atom stereocenters. The summed E-state index contributed by atoms with van der Waals surface area (Å²) in [5.41, 5.74) is 1.00. The minimum atomic E-state index is -0.276. The van der Waals surface area contributed by atoms with Gasteiger partial charge in [-0.3, -0.25) is 4.79 Å². The highest BCUT2D eigenvalue weighted by molar-refractivity contribution is 6.50. The van der Waals surface area contributed by atoms with Crippen LogP contribution in [0.25, 0.3) is 22.0 Å². The summed E-state index contributed by atoms with van der Waals surface area (Å²) in [5.74, 6) is 1.56. The molecule has 0 atom stereocenters. The van der Waals surface area contributed by atoms with Crippen LogP contribution < -0.4 is 15.0 Å². The molecule has 0 radical (unpaired) electrons. The number of halogens is 2. The van der Waals surface area contributed by atoms with Crippen molar-refractivity contribution in [1.82, 2.24) is 9.97 Å². The van der Waals surface area contributed by atoms with E-state index in [-0.39, 0.29) is 11.4 Å². The number of nitrogens with one attached hydrogen (secondary N) is 1. The van der Waals surface area contributed by atoms with Crippen molar-refractivity contribution in [3.63, 3.8) is 0 Å². The Hall–Kier alpha value is -2.50. The van der Waals surface area contributed by atoms with Gasteiger partial charge < -0.3 is 14.5 Å². The fraction of sp³-hybridized carbons (Fsp3) is 0.238. The summed E-state index contributed by atoms with van der Waals surface area (Å²) < 4.78 is 11.1. The molecule has 0 saturated heterocycles. The molecule has 7 heteroatoms. The van der Waals surface area contributed by atoms with E-state index in [0.717, 1.165) is 18.4 Å². The van der Waals surface area contributed by atoms with Gasteiger partial charge in [0.05, 0.1) is 29.7 Å². The first-order valence-corrected chi connectivity index (χ1v) is 9.65. The maximum atomic E-state index is 12.3. The third-order valence-corrected chi connectivity index (χ3v) is 4.65. The highest BCUT2D eigenvalue weighted by atomic mass is 35.5. The maximum absolute atomic E-state index is 12.3. The largest absolute Gasteiger partial charge is 0.493 e. The molecule has 0 aliphatic carbocycles. The summed E-state index contributed by atoms with van der Waals surface area (Å²) in [6.07, 6.45) is 3.70. The van der Waals surface area contributed by atoms with Crippen LogP contribution in [0.3, 0.4) is 0 Å². The van der Waals surface area contributed by atoms with E-state index in [4.69, 9.17) is 32.7 Å². The lowest BCUT2D eigenvalue weighted by molar-refractivity contribution is 0.288. The Morgan fingerprint density at radius 2 is 2.04 bits per heavy atom. The lowest BCUT2D eigenvalue weighted by Crippen LogP contribution is -2.10. The quantitative estimate of drug-likeness (QED) is 0.514. The molecule has 1 aromatic heterocycles. The standard InChI is InChI=1S/C21H20Cl2N2O3/c1-3-4-9-28-19-11-13(5-8-18(19)27-2)10-16(23)20-24-17-12-14(22)6-7-15(17)21(26)25-20/h5-8,10-12H,3-4,9H2,1-2H3,(H,24,25,26)/b16-10-. The Morgan fingerprint density at radius 1 is 1.21 bits per heavy atom. The van der Waals surface area contributed by atoms with E-state index in [9.17, 15) is 4.79 Å². The second-order valence-corrected chi connectivity index (χ2v) is 7.02. The Bertz CT molecular complexity index is 1080. The van der Waals surface area contributed by atoms with Crippen molar-refractivity contribution in [2.75, 3.05) is 13.7 Å². The second kappa shape index (κ2) is 9.13. The maximum Gasteiger partial charge on any atom is 0.259 e. The SMILES string of the molecule is CCCCOc1cc(/C=C(\Cl)c2nc3cc(Cl)ccc3c(=O)[nH]2)ccc1OC. The molecule has 0 saturated carbocycles. The predicted molar refractivity (Wildman–Crippen MR) is 114 cm³/mol. The minimum Gasteiger partial charge on any atom is -0.493 e. The number of hydrogen-bond acceptors (Lipinski definition) is 4. The first kappa shape index (κ1) is 20.2. The molecule has 3 rings (SSSR count). The predicted octanol–water partition coefficient (Wildman–Crippen LogP) is 5.50. The zero-order valence-electron chi connectivity index (χ0n) is 15.6. The van der Waals surface area contributed by atoms with E-state index in [0.29, 0.717) is 39.1 Å². The molecule has 0 aliphatic heterocycles. The third-order valence-electron chi connectivity index (χ3n) is 4.13. The molecule has 5 nitrogen and oxygen atoms in total. The Kier molecular flexibility index (Phi) is 6.60. The zero-order valence-corrected chi connectivity index (χ0v) is 17.1. The van der Waals surface area contributed by atoms with Gasteiger partial charge in [-0.15, -0.1) is 0 Å². The van der Waals surface area contributed by atoms with E-state index >= 15 is 0 Å². The van der Waals surface area contributed by atoms with E-state index < -0.39 is 0 Å². The first-order valence-electron chi connectivity index (χ1n) is 8.89. The van der Waals surface area contributed by atoms with Crippen molar-refractivity contribution in [3.8, 4) is 11.5 Å². The van der Waals surface area contributed by atoms with Gasteiger partial charge in [0.2, 0.25) is 0 Å². The molecule has 1 N–H and O–H groups in total. The van der Waals surface area contributed by atoms with E-state index in [1.807, 2.05) is 18.2 Å². The van der Waals surface area contributed by atoms with E-state index in [2.05, 4.69) is 16.9 Å². The minimum absolute atomic E-state index is 0.269. The molecule has 28 heavy (non-hydrogen) atoms. The van der Waals surface area contributed by atoms with Gasteiger partial charge in [-0.2, -0.15) is 0 Å². The van der Waals surface area contributed by atoms with Crippen LogP contribution >= 0.6 is 23.2 Å². The van der Waals surface area contributed by atoms with Gasteiger partial charge in [0, 0.05) is 5.02 Å². The van der Waals surface area contributed by atoms with Gasteiger partial charge in [-0.1, -0.05) is 42.6 Å². The summed E-state index contributed by atoms with van der Waals surface area (Å²) in [5, 5.41) is 1.25. The molecule has 0 amide bonds. The van der Waals surface area contributed by atoms with Gasteiger partial charge in [0.25, 0.3) is 5.56 Å². The average molecular weight is 419 g/mol. The average Bonchev–Trinajstić information content (AvgIpc) is 2.68. The van der Waals surface area contributed by atoms with Crippen molar-refractivity contribution in [3.05, 3.63) is 63.2 Å². The van der Waals surface area contributed by atoms with Gasteiger partial charge >= 0.3 is 0 Å². The molecular weight excluding hydrogens is 399 g/mol. The lowest BCUT2D eigenvalue weighted by atomic mass is 10.1. The van der Waals surface area contributed by atoms with Crippen molar-refractivity contribution >= 4 is 45.2 Å². The van der Waals surface area contributed by atoms with Crippen LogP contribution in [0.4, 0.5) is 0 Å². The fourth-order valence-electron chi connectivity index (χ4n) is 2.66. The summed E-state index contributed by atoms with van der Waals surface area (Å²) in [4.78, 5) is 19.4. The van der Waals surface area contributed by atoms with Gasteiger partial charge in [0.15, 0.2) is 17.3 Å². The molecule has 0 bridgehead atoms. The molecule has 0 fully saturated rings. The number of methoxy groups -OCH3 is 1. The summed E-state index contributed by atoms with van der Waals surface area (Å²) in [6.45, 7) is 2.71. The van der Waals surface area contributed by atoms with Crippen LogP contribution in [-0.2, 0) is 0 Å². The van der Waals surface area contributed by atoms with Crippen LogP contribution in [0.2, 0.25) is 5.02 Å². The lowest BCUT2D eigenvalue weighted by Gasteiger charge is -2.11. The number of nitrogens with zero attached hydrogens (tertiary/aromatic N) is 1. The van der Waals surface area contributed by atoms with Gasteiger partial charge in [0.1, 0.15) is 0 Å². The molecule has 0 aliphatic rings. The Labute approximate surface area is 172 Å². The van der Waals surface area contributed by atoms with Gasteiger partial charge in [-0.05, 0) is 48.4 Å². The van der Waals surface area contributed by atoms with Crippen molar-refractivity contribution in [2.45, 2.75) is 19.8 Å². The topological polar surface area (TPSA) is 64.2 Å². The molecular formula is C21H20Cl2N2O3. The van der Waals surface area contributed by atoms with Crippen molar-refractivity contribution in [1.29, 1.82) is 0 Å². The molecule has 3 aromatic rings. The van der Waals surface area contributed by atoms with Crippen LogP contribution in [-0.4, -0.2) is 23.7 Å². The molecule has 0 spiro atoms. The Morgan fingerprint density at radius 3 is 2.79 bits per heavy atom. The summed E-state index contributed by atoms with van der Waals surface area (Å²) in [7, 11) is 1.60. The number of ether oxygens (including phenoxy) is 2. The normalized spacial score (nSPS) is 11.6. The van der Waals surface area contributed by atoms with E-state index in [1.165, 1.54) is 0 Å². The number of fused-ring (bicyclic) bond motifs is 1. The van der Waals surface area contributed by atoms with Crippen LogP contribution in [0, 0.1) is 0 Å². The molecule has 1 heterocycles. The van der Waals surface area contributed by atoms with Crippen LogP contribution in [0.1, 0.15) is 31.2 Å². The third kappa shape index (κ3) is 4.66.